The van der Waals surface area contributed by atoms with Crippen LogP contribution in [-0.2, 0) is 14.8 Å². The van der Waals surface area contributed by atoms with Crippen LogP contribution < -0.4 is 14.4 Å². The molecule has 0 aliphatic carbocycles. The van der Waals surface area contributed by atoms with Crippen LogP contribution in [0.3, 0.4) is 0 Å². The van der Waals surface area contributed by atoms with Crippen molar-refractivity contribution in [2.24, 2.45) is 0 Å². The average molecular weight is 480 g/mol. The first-order chi connectivity index (χ1) is 13.5. The lowest BCUT2D eigenvalue weighted by molar-refractivity contribution is -0.119. The molecule has 6 nitrogen and oxygen atoms in total. The normalized spacial score (nSPS) is 11.2. The van der Waals surface area contributed by atoms with Crippen LogP contribution in [-0.4, -0.2) is 40.3 Å². The van der Waals surface area contributed by atoms with Crippen LogP contribution >= 0.6 is 34.8 Å². The molecule has 1 N–H and O–H groups in total. The molecule has 0 aliphatic heterocycles. The lowest BCUT2D eigenvalue weighted by Crippen LogP contribution is -2.41. The number of carbonyl (C=O) groups excluding carboxylic acids is 1. The van der Waals surface area contributed by atoms with Gasteiger partial charge in [-0.25, -0.2) is 8.42 Å². The van der Waals surface area contributed by atoms with Gasteiger partial charge < -0.3 is 10.1 Å². The van der Waals surface area contributed by atoms with E-state index in [0.29, 0.717) is 0 Å². The first-order valence-electron chi connectivity index (χ1n) is 8.58. The fourth-order valence-corrected chi connectivity index (χ4v) is 4.06. The van der Waals surface area contributed by atoms with E-state index < -0.39 is 22.5 Å². The number of ether oxygens (including phenoxy) is 1. The number of benzene rings is 2. The van der Waals surface area contributed by atoms with Crippen molar-refractivity contribution in [3.63, 3.8) is 0 Å². The second-order valence-corrected chi connectivity index (χ2v) is 9.51. The Morgan fingerprint density at radius 1 is 1.10 bits per heavy atom. The van der Waals surface area contributed by atoms with E-state index in [4.69, 9.17) is 39.5 Å². The van der Waals surface area contributed by atoms with E-state index >= 15 is 0 Å². The first-order valence-corrected chi connectivity index (χ1v) is 11.6. The molecule has 0 aliphatic rings. The number of nitrogens with zero attached hydrogens (tertiary/aromatic N) is 1. The van der Waals surface area contributed by atoms with Crippen molar-refractivity contribution in [2.45, 2.75) is 13.8 Å². The molecule has 0 unspecified atom stereocenters. The van der Waals surface area contributed by atoms with Gasteiger partial charge in [0.25, 0.3) is 0 Å². The van der Waals surface area contributed by atoms with Crippen LogP contribution in [0.5, 0.6) is 5.75 Å². The minimum absolute atomic E-state index is 0.0656. The first kappa shape index (κ1) is 23.6. The molecule has 0 atom stereocenters. The highest BCUT2D eigenvalue weighted by Crippen LogP contribution is 2.35. The van der Waals surface area contributed by atoms with E-state index in [9.17, 15) is 13.2 Å². The molecule has 29 heavy (non-hydrogen) atoms. The molecule has 2 aromatic carbocycles. The maximum absolute atomic E-state index is 12.3. The van der Waals surface area contributed by atoms with Crippen LogP contribution in [0.1, 0.15) is 11.1 Å². The number of halogens is 3. The molecular weight excluding hydrogens is 459 g/mol. The van der Waals surface area contributed by atoms with Gasteiger partial charge in [-0.1, -0.05) is 46.9 Å². The maximum Gasteiger partial charge on any atom is 0.240 e. The zero-order valence-corrected chi connectivity index (χ0v) is 19.2. The van der Waals surface area contributed by atoms with Gasteiger partial charge in [-0.05, 0) is 43.2 Å². The molecule has 0 spiro atoms. The van der Waals surface area contributed by atoms with Crippen molar-refractivity contribution in [1.82, 2.24) is 5.32 Å². The van der Waals surface area contributed by atoms with E-state index in [1.165, 1.54) is 12.1 Å². The van der Waals surface area contributed by atoms with Crippen molar-refractivity contribution in [3.05, 3.63) is 56.5 Å². The Labute approximate surface area is 185 Å². The Kier molecular flexibility index (Phi) is 8.05. The van der Waals surface area contributed by atoms with Gasteiger partial charge in [0.15, 0.2) is 0 Å². The molecule has 0 bridgehead atoms. The molecule has 158 valence electrons. The van der Waals surface area contributed by atoms with Crippen molar-refractivity contribution in [3.8, 4) is 5.75 Å². The second kappa shape index (κ2) is 9.89. The third-order valence-electron chi connectivity index (χ3n) is 4.18. The van der Waals surface area contributed by atoms with Gasteiger partial charge in [0.05, 0.1) is 33.6 Å². The number of carbonyl (C=O) groups is 1. The highest BCUT2D eigenvalue weighted by Gasteiger charge is 2.24. The average Bonchev–Trinajstić information content (AvgIpc) is 2.62. The Balaban J connectivity index is 2.01. The summed E-state index contributed by atoms with van der Waals surface area (Å²) in [7, 11) is -3.79. The van der Waals surface area contributed by atoms with Crippen LogP contribution in [0.15, 0.2) is 30.3 Å². The Morgan fingerprint density at radius 2 is 1.76 bits per heavy atom. The Morgan fingerprint density at radius 3 is 2.41 bits per heavy atom. The molecule has 0 heterocycles. The van der Waals surface area contributed by atoms with Gasteiger partial charge in [0, 0.05) is 0 Å². The van der Waals surface area contributed by atoms with E-state index in [-0.39, 0.29) is 33.9 Å². The Bertz CT molecular complexity index is 1010. The predicted octanol–water partition coefficient (Wildman–Crippen LogP) is 4.22. The summed E-state index contributed by atoms with van der Waals surface area (Å²) < 4.78 is 30.9. The molecule has 10 heteroatoms. The topological polar surface area (TPSA) is 75.7 Å². The minimum Gasteiger partial charge on any atom is -0.491 e. The third kappa shape index (κ3) is 6.40. The lowest BCUT2D eigenvalue weighted by Gasteiger charge is -2.23. The highest BCUT2D eigenvalue weighted by molar-refractivity contribution is 7.92. The molecule has 1 amide bonds. The molecule has 0 aromatic heterocycles. The molecule has 2 aromatic rings. The van der Waals surface area contributed by atoms with E-state index in [1.54, 1.807) is 0 Å². The summed E-state index contributed by atoms with van der Waals surface area (Å²) in [4.78, 5) is 12.3. The smallest absolute Gasteiger partial charge is 0.240 e. The van der Waals surface area contributed by atoms with E-state index in [1.807, 2.05) is 32.0 Å². The fraction of sp³-hybridized carbons (Fsp3) is 0.316. The maximum atomic E-state index is 12.3. The lowest BCUT2D eigenvalue weighted by atomic mass is 10.1. The number of hydrogen-bond acceptors (Lipinski definition) is 4. The Hall–Kier alpha value is -1.67. The quantitative estimate of drug-likeness (QED) is 0.454. The monoisotopic (exact) mass is 478 g/mol. The zero-order valence-electron chi connectivity index (χ0n) is 16.1. The van der Waals surface area contributed by atoms with Gasteiger partial charge in [-0.3, -0.25) is 9.10 Å². The van der Waals surface area contributed by atoms with Crippen molar-refractivity contribution >= 4 is 56.4 Å². The number of sulfonamides is 1. The van der Waals surface area contributed by atoms with E-state index in [0.717, 1.165) is 27.4 Å². The molecule has 0 saturated carbocycles. The van der Waals surface area contributed by atoms with Gasteiger partial charge in [0.2, 0.25) is 15.9 Å². The summed E-state index contributed by atoms with van der Waals surface area (Å²) in [6.45, 7) is 3.92. The largest absolute Gasteiger partial charge is 0.491 e. The molecular formula is C19H21Cl3N2O4S. The summed E-state index contributed by atoms with van der Waals surface area (Å²) in [5.74, 6) is 0.224. The molecule has 0 fully saturated rings. The summed E-state index contributed by atoms with van der Waals surface area (Å²) in [6.07, 6.45) is 0.975. The van der Waals surface area contributed by atoms with Crippen LogP contribution in [0.2, 0.25) is 15.1 Å². The second-order valence-electron chi connectivity index (χ2n) is 6.38. The van der Waals surface area contributed by atoms with Crippen LogP contribution in [0.4, 0.5) is 5.69 Å². The van der Waals surface area contributed by atoms with Gasteiger partial charge >= 0.3 is 0 Å². The molecule has 0 saturated heterocycles. The molecule has 0 radical (unpaired) electrons. The summed E-state index contributed by atoms with van der Waals surface area (Å²) in [5, 5.41) is 3.01. The number of nitrogens with one attached hydrogen (secondary N) is 1. The van der Waals surface area contributed by atoms with Crippen molar-refractivity contribution in [2.75, 3.05) is 30.3 Å². The SMILES string of the molecule is Cc1cccc(OCCNC(=O)CN(c2cc(Cl)c(Cl)cc2Cl)S(C)(=O)=O)c1C. The van der Waals surface area contributed by atoms with Crippen LogP contribution in [0.25, 0.3) is 0 Å². The summed E-state index contributed by atoms with van der Waals surface area (Å²) >= 11 is 18.0. The zero-order chi connectivity index (χ0) is 21.8. The van der Waals surface area contributed by atoms with Gasteiger partial charge in [0.1, 0.15) is 18.9 Å². The van der Waals surface area contributed by atoms with Crippen molar-refractivity contribution in [1.29, 1.82) is 0 Å². The number of aryl methyl sites for hydroxylation is 1. The number of rotatable bonds is 8. The number of hydrogen-bond donors (Lipinski definition) is 1. The highest BCUT2D eigenvalue weighted by atomic mass is 35.5. The van der Waals surface area contributed by atoms with Gasteiger partial charge in [-0.15, -0.1) is 0 Å². The van der Waals surface area contributed by atoms with E-state index in [2.05, 4.69) is 5.32 Å². The predicted molar refractivity (Wildman–Crippen MR) is 118 cm³/mol. The minimum atomic E-state index is -3.79. The fourth-order valence-electron chi connectivity index (χ4n) is 2.50. The summed E-state index contributed by atoms with van der Waals surface area (Å²) in [6, 6.07) is 8.36. The molecule has 2 rings (SSSR count). The number of amides is 1. The summed E-state index contributed by atoms with van der Waals surface area (Å²) in [5.41, 5.74) is 2.20. The van der Waals surface area contributed by atoms with Crippen LogP contribution in [0, 0.1) is 13.8 Å². The van der Waals surface area contributed by atoms with Gasteiger partial charge in [-0.2, -0.15) is 0 Å². The standard InChI is InChI=1S/C19H21Cl3N2O4S/c1-12-5-4-6-18(13(12)2)28-8-7-23-19(25)11-24(29(3,26)27)17-10-15(21)14(20)9-16(17)22/h4-6,9-10H,7-8,11H2,1-3H3,(H,23,25). The van der Waals surface area contributed by atoms with Crippen molar-refractivity contribution < 1.29 is 17.9 Å². The third-order valence-corrected chi connectivity index (χ3v) is 6.33. The number of anilines is 1.